The fourth-order valence-electron chi connectivity index (χ4n) is 2.42. The van der Waals surface area contributed by atoms with Crippen LogP contribution in [0.5, 0.6) is 5.75 Å². The van der Waals surface area contributed by atoms with Crippen LogP contribution < -0.4 is 4.74 Å². The molecule has 3 rings (SSSR count). The van der Waals surface area contributed by atoms with Crippen molar-refractivity contribution in [3.8, 4) is 5.75 Å². The zero-order chi connectivity index (χ0) is 18.5. The third-order valence-electron chi connectivity index (χ3n) is 3.85. The van der Waals surface area contributed by atoms with Crippen LogP contribution >= 0.6 is 11.8 Å². The Labute approximate surface area is 155 Å². The van der Waals surface area contributed by atoms with Crippen LogP contribution in [0.15, 0.2) is 58.7 Å². The number of halogens is 1. The smallest absolute Gasteiger partial charge is 0.242 e. The Bertz CT molecular complexity index is 835. The molecule has 1 unspecified atom stereocenters. The highest BCUT2D eigenvalue weighted by atomic mass is 32.2. The van der Waals surface area contributed by atoms with Crippen LogP contribution in [0.25, 0.3) is 0 Å². The summed E-state index contributed by atoms with van der Waals surface area (Å²) in [5.41, 5.74) is 1.71. The quantitative estimate of drug-likeness (QED) is 0.595. The van der Waals surface area contributed by atoms with E-state index in [1.165, 1.54) is 23.9 Å². The molecule has 2 aromatic carbocycles. The fraction of sp³-hybridized carbons (Fsp3) is 0.211. The molecule has 0 bridgehead atoms. The second-order valence-electron chi connectivity index (χ2n) is 5.71. The number of nitrogens with zero attached hydrogens (tertiary/aromatic N) is 3. The van der Waals surface area contributed by atoms with Crippen LogP contribution in [0, 0.1) is 5.82 Å². The monoisotopic (exact) mass is 371 g/mol. The van der Waals surface area contributed by atoms with Gasteiger partial charge in [-0.3, -0.25) is 9.69 Å². The highest BCUT2D eigenvalue weighted by molar-refractivity contribution is 8.15. The zero-order valence-electron chi connectivity index (χ0n) is 14.4. The molecule has 0 saturated carbocycles. The Balaban J connectivity index is 1.74. The van der Waals surface area contributed by atoms with E-state index in [0.29, 0.717) is 11.7 Å². The molecule has 134 valence electrons. The minimum atomic E-state index is -0.303. The summed E-state index contributed by atoms with van der Waals surface area (Å²) < 4.78 is 18.2. The number of benzene rings is 2. The molecule has 26 heavy (non-hydrogen) atoms. The van der Waals surface area contributed by atoms with E-state index in [1.54, 1.807) is 30.4 Å². The van der Waals surface area contributed by atoms with E-state index in [9.17, 15) is 9.18 Å². The summed E-state index contributed by atoms with van der Waals surface area (Å²) in [5.74, 6) is 0.435. The predicted octanol–water partition coefficient (Wildman–Crippen LogP) is 3.69. The van der Waals surface area contributed by atoms with Gasteiger partial charge in [-0.05, 0) is 54.4 Å². The highest BCUT2D eigenvalue weighted by Gasteiger charge is 2.35. The molecule has 7 heteroatoms. The van der Waals surface area contributed by atoms with Crippen LogP contribution in [-0.4, -0.2) is 34.5 Å². The van der Waals surface area contributed by atoms with Gasteiger partial charge < -0.3 is 4.74 Å². The van der Waals surface area contributed by atoms with E-state index in [-0.39, 0.29) is 17.0 Å². The molecular weight excluding hydrogens is 353 g/mol. The molecule has 0 spiro atoms. The molecular formula is C19H18FN3O2S. The first-order chi connectivity index (χ1) is 12.6. The molecule has 1 fully saturated rings. The number of amidine groups is 1. The maximum Gasteiger partial charge on any atom is 0.242 e. The molecule has 5 nitrogen and oxygen atoms in total. The van der Waals surface area contributed by atoms with Crippen LogP contribution in [0.3, 0.4) is 0 Å². The Morgan fingerprint density at radius 3 is 2.54 bits per heavy atom. The molecule has 0 aromatic heterocycles. The van der Waals surface area contributed by atoms with Crippen LogP contribution in [0.2, 0.25) is 0 Å². The van der Waals surface area contributed by atoms with Gasteiger partial charge >= 0.3 is 0 Å². The summed E-state index contributed by atoms with van der Waals surface area (Å²) >= 11 is 1.36. The molecule has 0 aliphatic carbocycles. The Kier molecular flexibility index (Phi) is 5.68. The standard InChI is InChI=1S/C19H18FN3O2S/c1-13-18(24)23(12-15-3-7-16(20)8-4-15)19(26-13)22-21-11-14-5-9-17(25-2)10-6-14/h3-11,13H,12H2,1-2H3/b21-11+,22-19-. The van der Waals surface area contributed by atoms with Gasteiger partial charge in [-0.15, -0.1) is 5.10 Å². The average Bonchev–Trinajstić information content (AvgIpc) is 2.92. The van der Waals surface area contributed by atoms with Crippen LogP contribution in [0.4, 0.5) is 4.39 Å². The van der Waals surface area contributed by atoms with Crippen molar-refractivity contribution in [2.24, 2.45) is 10.2 Å². The first-order valence-electron chi connectivity index (χ1n) is 8.04. The van der Waals surface area contributed by atoms with Gasteiger partial charge in [0.15, 0.2) is 5.17 Å². The minimum Gasteiger partial charge on any atom is -0.497 e. The molecule has 1 atom stereocenters. The predicted molar refractivity (Wildman–Crippen MR) is 102 cm³/mol. The third-order valence-corrected chi connectivity index (χ3v) is 4.91. The highest BCUT2D eigenvalue weighted by Crippen LogP contribution is 2.28. The molecule has 1 heterocycles. The van der Waals surface area contributed by atoms with Crippen LogP contribution in [-0.2, 0) is 11.3 Å². The number of ether oxygens (including phenoxy) is 1. The number of thioether (sulfide) groups is 1. The van der Waals surface area contributed by atoms with Crippen molar-refractivity contribution >= 4 is 29.1 Å². The normalized spacial score (nSPS) is 18.9. The maximum atomic E-state index is 13.1. The summed E-state index contributed by atoms with van der Waals surface area (Å²) in [4.78, 5) is 14.0. The van der Waals surface area contributed by atoms with Gasteiger partial charge in [-0.2, -0.15) is 5.10 Å². The number of hydrogen-bond donors (Lipinski definition) is 0. The van der Waals surface area contributed by atoms with Crippen molar-refractivity contribution < 1.29 is 13.9 Å². The van der Waals surface area contributed by atoms with Crippen molar-refractivity contribution in [1.29, 1.82) is 0 Å². The van der Waals surface area contributed by atoms with Gasteiger partial charge in [-0.1, -0.05) is 23.9 Å². The molecule has 1 amide bonds. The maximum absolute atomic E-state index is 13.1. The van der Waals surface area contributed by atoms with Crippen molar-refractivity contribution in [2.75, 3.05) is 7.11 Å². The number of carbonyl (C=O) groups excluding carboxylic acids is 1. The lowest BCUT2D eigenvalue weighted by Gasteiger charge is -2.15. The molecule has 0 N–H and O–H groups in total. The SMILES string of the molecule is COc1ccc(/C=N/N=C2\SC(C)C(=O)N2Cc2ccc(F)cc2)cc1. The lowest BCUT2D eigenvalue weighted by molar-refractivity contribution is -0.126. The van der Waals surface area contributed by atoms with Gasteiger partial charge in [0.25, 0.3) is 0 Å². The first kappa shape index (κ1) is 18.1. The number of rotatable bonds is 5. The van der Waals surface area contributed by atoms with Crippen molar-refractivity contribution in [3.63, 3.8) is 0 Å². The van der Waals surface area contributed by atoms with Crippen molar-refractivity contribution in [3.05, 3.63) is 65.5 Å². The second-order valence-corrected chi connectivity index (χ2v) is 7.02. The van der Waals surface area contributed by atoms with E-state index in [1.807, 2.05) is 31.2 Å². The van der Waals surface area contributed by atoms with E-state index in [4.69, 9.17) is 4.74 Å². The summed E-state index contributed by atoms with van der Waals surface area (Å²) in [6.07, 6.45) is 1.62. The largest absolute Gasteiger partial charge is 0.497 e. The molecule has 1 aliphatic rings. The lowest BCUT2D eigenvalue weighted by atomic mass is 10.2. The Hall–Kier alpha value is -2.67. The second kappa shape index (κ2) is 8.14. The first-order valence-corrected chi connectivity index (χ1v) is 8.92. The Morgan fingerprint density at radius 2 is 1.88 bits per heavy atom. The van der Waals surface area contributed by atoms with E-state index in [2.05, 4.69) is 10.2 Å². The summed E-state index contributed by atoms with van der Waals surface area (Å²) in [6.45, 7) is 2.17. The molecule has 2 aromatic rings. The van der Waals surface area contributed by atoms with Gasteiger partial charge in [0.1, 0.15) is 11.6 Å². The number of carbonyl (C=O) groups is 1. The van der Waals surface area contributed by atoms with E-state index < -0.39 is 0 Å². The fourth-order valence-corrected chi connectivity index (χ4v) is 3.34. The molecule has 1 saturated heterocycles. The number of hydrogen-bond acceptors (Lipinski definition) is 5. The zero-order valence-corrected chi connectivity index (χ0v) is 15.2. The third kappa shape index (κ3) is 4.29. The topological polar surface area (TPSA) is 54.3 Å². The van der Waals surface area contributed by atoms with Gasteiger partial charge in [0.2, 0.25) is 5.91 Å². The number of methoxy groups -OCH3 is 1. The summed E-state index contributed by atoms with van der Waals surface area (Å²) in [5, 5.41) is 8.63. The molecule has 1 aliphatic heterocycles. The van der Waals surface area contributed by atoms with Crippen molar-refractivity contribution in [2.45, 2.75) is 18.7 Å². The number of amides is 1. The van der Waals surface area contributed by atoms with E-state index >= 15 is 0 Å². The van der Waals surface area contributed by atoms with Gasteiger partial charge in [0, 0.05) is 0 Å². The van der Waals surface area contributed by atoms with Crippen molar-refractivity contribution in [1.82, 2.24) is 4.90 Å². The van der Waals surface area contributed by atoms with Crippen LogP contribution in [0.1, 0.15) is 18.1 Å². The van der Waals surface area contributed by atoms with E-state index in [0.717, 1.165) is 16.9 Å². The molecule has 0 radical (unpaired) electrons. The Morgan fingerprint density at radius 1 is 1.19 bits per heavy atom. The summed E-state index contributed by atoms with van der Waals surface area (Å²) in [7, 11) is 1.61. The lowest BCUT2D eigenvalue weighted by Crippen LogP contribution is -2.30. The summed E-state index contributed by atoms with van der Waals surface area (Å²) in [6, 6.07) is 13.5. The minimum absolute atomic E-state index is 0.0299. The van der Waals surface area contributed by atoms with Gasteiger partial charge in [0.05, 0.1) is 25.1 Å². The average molecular weight is 371 g/mol. The van der Waals surface area contributed by atoms with Gasteiger partial charge in [-0.25, -0.2) is 4.39 Å².